The Kier molecular flexibility index (Phi) is 12.2. The van der Waals surface area contributed by atoms with Crippen LogP contribution in [0.1, 0.15) is 44.7 Å². The molecular formula is C31H36Cl3N3O5S. The third-order valence-electron chi connectivity index (χ3n) is 7.05. The molecular weight excluding hydrogens is 633 g/mol. The maximum atomic E-state index is 14.2. The van der Waals surface area contributed by atoms with Crippen molar-refractivity contribution in [2.45, 2.75) is 64.1 Å². The minimum atomic E-state index is -4.26. The number of methoxy groups -OCH3 is 1. The lowest BCUT2D eigenvalue weighted by atomic mass is 10.1. The summed E-state index contributed by atoms with van der Waals surface area (Å²) in [5, 5.41) is 3.84. The summed E-state index contributed by atoms with van der Waals surface area (Å²) in [6, 6.07) is 14.6. The molecule has 0 aromatic heterocycles. The van der Waals surface area contributed by atoms with Gasteiger partial charge in [-0.3, -0.25) is 13.9 Å². The topological polar surface area (TPSA) is 96.0 Å². The van der Waals surface area contributed by atoms with Crippen LogP contribution in [0.2, 0.25) is 15.1 Å². The van der Waals surface area contributed by atoms with Crippen molar-refractivity contribution < 1.29 is 22.7 Å². The predicted octanol–water partition coefficient (Wildman–Crippen LogP) is 6.88. The van der Waals surface area contributed by atoms with Gasteiger partial charge in [-0.25, -0.2) is 8.42 Å². The van der Waals surface area contributed by atoms with E-state index in [1.165, 1.54) is 42.3 Å². The smallest absolute Gasteiger partial charge is 0.264 e. The van der Waals surface area contributed by atoms with E-state index in [9.17, 15) is 18.0 Å². The molecule has 0 aliphatic carbocycles. The maximum Gasteiger partial charge on any atom is 0.264 e. The van der Waals surface area contributed by atoms with Crippen molar-refractivity contribution in [2.75, 3.05) is 18.0 Å². The van der Waals surface area contributed by atoms with Crippen molar-refractivity contribution >= 4 is 62.3 Å². The van der Waals surface area contributed by atoms with Gasteiger partial charge in [0.15, 0.2) is 0 Å². The molecule has 0 aliphatic heterocycles. The minimum Gasteiger partial charge on any atom is -0.495 e. The zero-order valence-electron chi connectivity index (χ0n) is 24.7. The molecule has 0 bridgehead atoms. The summed E-state index contributed by atoms with van der Waals surface area (Å²) < 4.78 is 34.3. The maximum absolute atomic E-state index is 14.2. The number of carbonyl (C=O) groups is 2. The number of rotatable bonds is 13. The molecule has 3 rings (SSSR count). The highest BCUT2D eigenvalue weighted by Crippen LogP contribution is 2.32. The number of nitrogens with zero attached hydrogens (tertiary/aromatic N) is 2. The standard InChI is InChI=1S/C31H36Cl3N3O5S/c1-6-21(4)35-31(39)28(7-2)36(18-22-10-11-23(32)16-26(22)33)30(38)19-37(24-12-15-29(42-5)27(34)17-24)43(40,41)25-13-8-20(3)9-14-25/h8-17,21,28H,6-7,18-19H2,1-5H3,(H,35,39)/t21-,28-/m0/s1. The number of hydrogen-bond acceptors (Lipinski definition) is 5. The van der Waals surface area contributed by atoms with E-state index in [1.54, 1.807) is 37.3 Å². The highest BCUT2D eigenvalue weighted by Gasteiger charge is 2.34. The molecule has 43 heavy (non-hydrogen) atoms. The van der Waals surface area contributed by atoms with E-state index < -0.39 is 28.5 Å². The molecule has 0 saturated heterocycles. The molecule has 12 heteroatoms. The van der Waals surface area contributed by atoms with E-state index >= 15 is 0 Å². The van der Waals surface area contributed by atoms with E-state index in [-0.39, 0.29) is 40.5 Å². The number of nitrogens with one attached hydrogen (secondary N) is 1. The lowest BCUT2D eigenvalue weighted by molar-refractivity contribution is -0.140. The first-order valence-corrected chi connectivity index (χ1v) is 16.4. The first-order chi connectivity index (χ1) is 20.3. The van der Waals surface area contributed by atoms with Crippen LogP contribution >= 0.6 is 34.8 Å². The Labute approximate surface area is 268 Å². The predicted molar refractivity (Wildman–Crippen MR) is 173 cm³/mol. The van der Waals surface area contributed by atoms with Crippen LogP contribution in [0.15, 0.2) is 65.6 Å². The monoisotopic (exact) mass is 667 g/mol. The summed E-state index contributed by atoms with van der Waals surface area (Å²) >= 11 is 18.9. The van der Waals surface area contributed by atoms with Gasteiger partial charge in [0.2, 0.25) is 11.8 Å². The molecule has 2 atom stereocenters. The molecule has 3 aromatic carbocycles. The van der Waals surface area contributed by atoms with E-state index in [2.05, 4.69) is 5.32 Å². The van der Waals surface area contributed by atoms with Gasteiger partial charge in [-0.15, -0.1) is 0 Å². The lowest BCUT2D eigenvalue weighted by Crippen LogP contribution is -2.53. The third kappa shape index (κ3) is 8.56. The Morgan fingerprint density at radius 1 is 0.930 bits per heavy atom. The summed E-state index contributed by atoms with van der Waals surface area (Å²) in [7, 11) is -2.81. The zero-order chi connectivity index (χ0) is 31.9. The molecule has 0 unspecified atom stereocenters. The number of anilines is 1. The summed E-state index contributed by atoms with van der Waals surface area (Å²) in [5.74, 6) is -0.619. The fourth-order valence-electron chi connectivity index (χ4n) is 4.37. The lowest BCUT2D eigenvalue weighted by Gasteiger charge is -2.34. The molecule has 0 spiro atoms. The second-order valence-corrected chi connectivity index (χ2v) is 13.3. The fourth-order valence-corrected chi connectivity index (χ4v) is 6.50. The van der Waals surface area contributed by atoms with Crippen molar-refractivity contribution in [2.24, 2.45) is 0 Å². The molecule has 8 nitrogen and oxygen atoms in total. The Bertz CT molecular complexity index is 1550. The summed E-state index contributed by atoms with van der Waals surface area (Å²) in [6.07, 6.45) is 0.970. The van der Waals surface area contributed by atoms with Crippen LogP contribution < -0.4 is 14.4 Å². The number of aryl methyl sites for hydroxylation is 1. The largest absolute Gasteiger partial charge is 0.495 e. The molecule has 0 fully saturated rings. The molecule has 0 radical (unpaired) electrons. The van der Waals surface area contributed by atoms with Crippen molar-refractivity contribution in [3.63, 3.8) is 0 Å². The molecule has 0 aliphatic rings. The second kappa shape index (κ2) is 15.1. The molecule has 0 heterocycles. The van der Waals surface area contributed by atoms with Gasteiger partial charge in [0.25, 0.3) is 10.0 Å². The highest BCUT2D eigenvalue weighted by atomic mass is 35.5. The number of sulfonamides is 1. The van der Waals surface area contributed by atoms with Crippen LogP contribution in [0.5, 0.6) is 5.75 Å². The molecule has 1 N–H and O–H groups in total. The van der Waals surface area contributed by atoms with E-state index in [0.29, 0.717) is 27.8 Å². The molecule has 3 aromatic rings. The Balaban J connectivity index is 2.12. The SMILES string of the molecule is CC[C@H](C)NC(=O)[C@H](CC)N(Cc1ccc(Cl)cc1Cl)C(=O)CN(c1ccc(OC)c(Cl)c1)S(=O)(=O)c1ccc(C)cc1. The molecule has 232 valence electrons. The Hall–Kier alpha value is -2.98. The van der Waals surface area contributed by atoms with E-state index in [0.717, 1.165) is 9.87 Å². The van der Waals surface area contributed by atoms with Gasteiger partial charge < -0.3 is 15.0 Å². The Morgan fingerprint density at radius 3 is 2.16 bits per heavy atom. The van der Waals surface area contributed by atoms with Crippen molar-refractivity contribution in [3.05, 3.63) is 86.9 Å². The van der Waals surface area contributed by atoms with Crippen molar-refractivity contribution in [1.82, 2.24) is 10.2 Å². The fraction of sp³-hybridized carbons (Fsp3) is 0.355. The van der Waals surface area contributed by atoms with Crippen LogP contribution in [0.4, 0.5) is 5.69 Å². The van der Waals surface area contributed by atoms with Crippen molar-refractivity contribution in [3.8, 4) is 5.75 Å². The van der Waals surface area contributed by atoms with Gasteiger partial charge in [-0.2, -0.15) is 0 Å². The zero-order valence-corrected chi connectivity index (χ0v) is 27.8. The third-order valence-corrected chi connectivity index (χ3v) is 9.72. The minimum absolute atomic E-state index is 0.00769. The summed E-state index contributed by atoms with van der Waals surface area (Å²) in [5.41, 5.74) is 1.58. The second-order valence-electron chi connectivity index (χ2n) is 10.1. The average Bonchev–Trinajstić information content (AvgIpc) is 2.96. The first kappa shape index (κ1) is 34.5. The number of carbonyl (C=O) groups excluding carboxylic acids is 2. The first-order valence-electron chi connectivity index (χ1n) is 13.8. The normalized spacial score (nSPS) is 12.7. The van der Waals surface area contributed by atoms with Crippen LogP contribution in [0.25, 0.3) is 0 Å². The van der Waals surface area contributed by atoms with Crippen LogP contribution in [0, 0.1) is 6.92 Å². The van der Waals surface area contributed by atoms with Gasteiger partial charge in [0, 0.05) is 22.6 Å². The van der Waals surface area contributed by atoms with Crippen LogP contribution in [-0.2, 0) is 26.2 Å². The number of benzene rings is 3. The van der Waals surface area contributed by atoms with Crippen LogP contribution in [-0.4, -0.2) is 50.9 Å². The number of ether oxygens (including phenoxy) is 1. The van der Waals surface area contributed by atoms with Crippen molar-refractivity contribution in [1.29, 1.82) is 0 Å². The van der Waals surface area contributed by atoms with Gasteiger partial charge >= 0.3 is 0 Å². The van der Waals surface area contributed by atoms with Gasteiger partial charge in [-0.05, 0) is 74.7 Å². The van der Waals surface area contributed by atoms with E-state index in [1.807, 2.05) is 20.8 Å². The van der Waals surface area contributed by atoms with E-state index in [4.69, 9.17) is 39.5 Å². The summed E-state index contributed by atoms with van der Waals surface area (Å²) in [6.45, 7) is 6.78. The number of halogens is 3. The highest BCUT2D eigenvalue weighted by molar-refractivity contribution is 7.92. The average molecular weight is 669 g/mol. The summed E-state index contributed by atoms with van der Waals surface area (Å²) in [4.78, 5) is 29.0. The van der Waals surface area contributed by atoms with Gasteiger partial charge in [0.05, 0.1) is 22.7 Å². The van der Waals surface area contributed by atoms with Crippen LogP contribution in [0.3, 0.4) is 0 Å². The Morgan fingerprint density at radius 2 is 1.60 bits per heavy atom. The van der Waals surface area contributed by atoms with Gasteiger partial charge in [-0.1, -0.05) is 72.4 Å². The molecule has 0 saturated carbocycles. The number of hydrogen-bond donors (Lipinski definition) is 1. The van der Waals surface area contributed by atoms with Gasteiger partial charge in [0.1, 0.15) is 18.3 Å². The molecule has 2 amide bonds. The number of amides is 2. The quantitative estimate of drug-likeness (QED) is 0.214.